The van der Waals surface area contributed by atoms with Crippen molar-refractivity contribution < 1.29 is 14.6 Å². The number of anilines is 1. The van der Waals surface area contributed by atoms with Gasteiger partial charge in [0.25, 0.3) is 5.95 Å². The Morgan fingerprint density at radius 2 is 2.18 bits per heavy atom. The maximum atomic E-state index is 10.6. The number of carboxylic acids is 1. The van der Waals surface area contributed by atoms with Crippen molar-refractivity contribution >= 4 is 11.9 Å². The van der Waals surface area contributed by atoms with Crippen LogP contribution in [0.2, 0.25) is 0 Å². The zero-order chi connectivity index (χ0) is 15.9. The molecule has 2 rings (SSSR count). The van der Waals surface area contributed by atoms with Gasteiger partial charge < -0.3 is 20.9 Å². The Balaban J connectivity index is 1.84. The lowest BCUT2D eigenvalue weighted by Gasteiger charge is -2.05. The molecule has 1 aromatic carbocycles. The van der Waals surface area contributed by atoms with Gasteiger partial charge in [-0.1, -0.05) is 5.10 Å². The molecule has 0 saturated carbocycles. The lowest BCUT2D eigenvalue weighted by molar-refractivity contribution is -0.138. The second-order valence-corrected chi connectivity index (χ2v) is 4.61. The molecule has 1 aromatic heterocycles. The molecule has 0 amide bonds. The fourth-order valence-corrected chi connectivity index (χ4v) is 1.76. The number of ether oxygens (including phenoxy) is 1. The van der Waals surface area contributed by atoms with Gasteiger partial charge in [0.05, 0.1) is 12.8 Å². The zero-order valence-electron chi connectivity index (χ0n) is 12.1. The molecule has 22 heavy (non-hydrogen) atoms. The van der Waals surface area contributed by atoms with Gasteiger partial charge in [0.2, 0.25) is 0 Å². The lowest BCUT2D eigenvalue weighted by atomic mass is 10.2. The van der Waals surface area contributed by atoms with Crippen LogP contribution >= 0.6 is 0 Å². The van der Waals surface area contributed by atoms with Crippen molar-refractivity contribution in [3.63, 3.8) is 0 Å². The fourth-order valence-electron chi connectivity index (χ4n) is 1.76. The predicted molar refractivity (Wildman–Crippen MR) is 79.0 cm³/mol. The molecule has 0 bridgehead atoms. The van der Waals surface area contributed by atoms with E-state index in [1.165, 1.54) is 4.80 Å². The first kappa shape index (κ1) is 15.7. The number of hydrogen-bond acceptors (Lipinski definition) is 7. The summed E-state index contributed by atoms with van der Waals surface area (Å²) in [4.78, 5) is 12.0. The maximum Gasteiger partial charge on any atom is 0.320 e. The third-order valence-electron chi connectivity index (χ3n) is 3.01. The normalized spacial score (nSPS) is 11.9. The van der Waals surface area contributed by atoms with Crippen molar-refractivity contribution in [2.75, 3.05) is 19.0 Å². The van der Waals surface area contributed by atoms with Crippen molar-refractivity contribution in [1.82, 2.24) is 20.2 Å². The Labute approximate surface area is 127 Å². The van der Waals surface area contributed by atoms with Crippen LogP contribution in [0.3, 0.4) is 0 Å². The summed E-state index contributed by atoms with van der Waals surface area (Å²) in [7, 11) is 1.60. The predicted octanol–water partition coefficient (Wildman–Crippen LogP) is 0.275. The van der Waals surface area contributed by atoms with Gasteiger partial charge in [0, 0.05) is 6.54 Å². The first-order valence-corrected chi connectivity index (χ1v) is 6.77. The average Bonchev–Trinajstić information content (AvgIpc) is 3.00. The van der Waals surface area contributed by atoms with E-state index in [9.17, 15) is 4.79 Å². The van der Waals surface area contributed by atoms with Crippen LogP contribution < -0.4 is 15.8 Å². The molecule has 0 radical (unpaired) electrons. The van der Waals surface area contributed by atoms with Gasteiger partial charge in [0.1, 0.15) is 11.8 Å². The Hall–Kier alpha value is -2.68. The van der Waals surface area contributed by atoms with E-state index < -0.39 is 12.0 Å². The van der Waals surface area contributed by atoms with E-state index in [1.807, 2.05) is 12.1 Å². The van der Waals surface area contributed by atoms with Crippen molar-refractivity contribution in [3.8, 4) is 11.4 Å². The minimum absolute atomic E-state index is 0.375. The molecule has 9 heteroatoms. The van der Waals surface area contributed by atoms with Crippen LogP contribution in [-0.2, 0) is 4.79 Å². The second kappa shape index (κ2) is 7.36. The highest BCUT2D eigenvalue weighted by atomic mass is 16.5. The molecular weight excluding hydrogens is 288 g/mol. The molecule has 0 aliphatic rings. The number of nitrogens with zero attached hydrogens (tertiary/aromatic N) is 4. The first-order valence-electron chi connectivity index (χ1n) is 6.77. The van der Waals surface area contributed by atoms with Crippen LogP contribution in [0.15, 0.2) is 24.3 Å². The molecule has 1 heterocycles. The van der Waals surface area contributed by atoms with Crippen molar-refractivity contribution in [2.24, 2.45) is 5.73 Å². The highest BCUT2D eigenvalue weighted by Gasteiger charge is 2.10. The molecule has 0 aliphatic heterocycles. The van der Waals surface area contributed by atoms with E-state index in [-0.39, 0.29) is 0 Å². The molecule has 4 N–H and O–H groups in total. The maximum absolute atomic E-state index is 10.6. The van der Waals surface area contributed by atoms with Gasteiger partial charge in [-0.25, -0.2) is 0 Å². The summed E-state index contributed by atoms with van der Waals surface area (Å²) in [5.41, 5.74) is 6.17. The Kier molecular flexibility index (Phi) is 5.26. The van der Waals surface area contributed by atoms with Crippen LogP contribution in [0.25, 0.3) is 5.69 Å². The summed E-state index contributed by atoms with van der Waals surface area (Å²) in [5.74, 6) is 0.125. The Morgan fingerprint density at radius 1 is 1.45 bits per heavy atom. The van der Waals surface area contributed by atoms with Crippen LogP contribution in [0.4, 0.5) is 5.95 Å². The molecule has 2 aromatic rings. The smallest absolute Gasteiger partial charge is 0.320 e. The second-order valence-electron chi connectivity index (χ2n) is 4.61. The first-order chi connectivity index (χ1) is 10.6. The highest BCUT2D eigenvalue weighted by Crippen LogP contribution is 2.13. The number of carbonyl (C=O) groups is 1. The topological polar surface area (TPSA) is 128 Å². The van der Waals surface area contributed by atoms with E-state index in [0.717, 1.165) is 11.4 Å². The van der Waals surface area contributed by atoms with Gasteiger partial charge in [-0.15, -0.1) is 9.90 Å². The third-order valence-corrected chi connectivity index (χ3v) is 3.01. The van der Waals surface area contributed by atoms with Gasteiger partial charge in [-0.3, -0.25) is 4.79 Å². The van der Waals surface area contributed by atoms with Crippen LogP contribution in [0, 0.1) is 0 Å². The molecule has 0 unspecified atom stereocenters. The number of aliphatic carboxylic acids is 1. The molecule has 9 nitrogen and oxygen atoms in total. The summed E-state index contributed by atoms with van der Waals surface area (Å²) in [5, 5.41) is 23.6. The van der Waals surface area contributed by atoms with Crippen LogP contribution in [0.1, 0.15) is 12.8 Å². The SMILES string of the molecule is COc1ccc(-n2nnc(NCCC[C@H](N)C(=O)O)n2)cc1. The third kappa shape index (κ3) is 4.16. The summed E-state index contributed by atoms with van der Waals surface area (Å²) < 4.78 is 5.08. The zero-order valence-corrected chi connectivity index (χ0v) is 12.1. The average molecular weight is 306 g/mol. The number of hydrogen-bond donors (Lipinski definition) is 3. The summed E-state index contributed by atoms with van der Waals surface area (Å²) in [6.45, 7) is 0.523. The number of tetrazole rings is 1. The summed E-state index contributed by atoms with van der Waals surface area (Å²) in [6.07, 6.45) is 0.986. The fraction of sp³-hybridized carbons (Fsp3) is 0.385. The van der Waals surface area contributed by atoms with E-state index in [4.69, 9.17) is 15.6 Å². The molecule has 1 atom stereocenters. The molecule has 0 fully saturated rings. The largest absolute Gasteiger partial charge is 0.497 e. The number of carboxylic acid groups (broad SMARTS) is 1. The van der Waals surface area contributed by atoms with E-state index >= 15 is 0 Å². The Morgan fingerprint density at radius 3 is 2.82 bits per heavy atom. The standard InChI is InChI=1S/C13H18N6O3/c1-22-10-6-4-9(5-7-10)19-17-13(16-18-19)15-8-2-3-11(14)12(20)21/h4-7,11H,2-3,8,14H2,1H3,(H,15,17)(H,20,21)/t11-/m0/s1. The number of nitrogens with one attached hydrogen (secondary N) is 1. The molecule has 118 valence electrons. The van der Waals surface area contributed by atoms with E-state index in [1.54, 1.807) is 19.2 Å². The minimum atomic E-state index is -0.997. The number of methoxy groups -OCH3 is 1. The lowest BCUT2D eigenvalue weighted by Crippen LogP contribution is -2.30. The van der Waals surface area contributed by atoms with Crippen molar-refractivity contribution in [2.45, 2.75) is 18.9 Å². The minimum Gasteiger partial charge on any atom is -0.497 e. The van der Waals surface area contributed by atoms with Crippen molar-refractivity contribution in [1.29, 1.82) is 0 Å². The molecule has 0 aliphatic carbocycles. The van der Waals surface area contributed by atoms with E-state index in [2.05, 4.69) is 20.7 Å². The number of aromatic nitrogens is 4. The van der Waals surface area contributed by atoms with Gasteiger partial charge in [-0.2, -0.15) is 0 Å². The highest BCUT2D eigenvalue weighted by molar-refractivity contribution is 5.72. The van der Waals surface area contributed by atoms with Crippen LogP contribution in [-0.4, -0.2) is 51.0 Å². The molecule has 0 spiro atoms. The monoisotopic (exact) mass is 306 g/mol. The van der Waals surface area contributed by atoms with Gasteiger partial charge in [0.15, 0.2) is 0 Å². The molecule has 0 saturated heterocycles. The number of benzene rings is 1. The quantitative estimate of drug-likeness (QED) is 0.593. The van der Waals surface area contributed by atoms with Gasteiger partial charge in [-0.05, 0) is 42.3 Å². The van der Waals surface area contributed by atoms with Crippen LogP contribution in [0.5, 0.6) is 5.75 Å². The summed E-state index contributed by atoms with van der Waals surface area (Å²) >= 11 is 0. The summed E-state index contributed by atoms with van der Waals surface area (Å²) in [6, 6.07) is 6.40. The number of nitrogens with two attached hydrogens (primary N) is 1. The van der Waals surface area contributed by atoms with Gasteiger partial charge >= 0.3 is 5.97 Å². The van der Waals surface area contributed by atoms with Crippen molar-refractivity contribution in [3.05, 3.63) is 24.3 Å². The molecular formula is C13H18N6O3. The number of rotatable bonds is 8. The Bertz CT molecular complexity index is 612. The van der Waals surface area contributed by atoms with E-state index in [0.29, 0.717) is 25.3 Å².